The molecular formula is C22H25N3O2S. The van der Waals surface area contributed by atoms with Crippen molar-refractivity contribution in [3.63, 3.8) is 0 Å². The summed E-state index contributed by atoms with van der Waals surface area (Å²) in [6, 6.07) is 14.0. The number of carbonyl (C=O) groups is 1. The van der Waals surface area contributed by atoms with Crippen LogP contribution >= 0.6 is 11.3 Å². The van der Waals surface area contributed by atoms with Crippen LogP contribution in [0.2, 0.25) is 0 Å². The van der Waals surface area contributed by atoms with E-state index in [0.717, 1.165) is 26.8 Å². The van der Waals surface area contributed by atoms with Crippen LogP contribution in [0.5, 0.6) is 0 Å². The van der Waals surface area contributed by atoms with Crippen LogP contribution in [0.15, 0.2) is 48.7 Å². The number of amides is 1. The Hall–Kier alpha value is -2.57. The average Bonchev–Trinajstić information content (AvgIpc) is 3.06. The highest BCUT2D eigenvalue weighted by molar-refractivity contribution is 7.12. The van der Waals surface area contributed by atoms with Gasteiger partial charge in [-0.2, -0.15) is 0 Å². The Bertz CT molecular complexity index is 907. The van der Waals surface area contributed by atoms with Crippen LogP contribution in [-0.2, 0) is 22.5 Å². The van der Waals surface area contributed by atoms with Gasteiger partial charge in [-0.1, -0.05) is 35.9 Å². The van der Waals surface area contributed by atoms with Crippen LogP contribution in [0.25, 0.3) is 11.3 Å². The fourth-order valence-corrected chi connectivity index (χ4v) is 3.91. The summed E-state index contributed by atoms with van der Waals surface area (Å²) in [6.45, 7) is 5.54. The first-order valence-corrected chi connectivity index (χ1v) is 10.1. The van der Waals surface area contributed by atoms with E-state index >= 15 is 0 Å². The van der Waals surface area contributed by atoms with Crippen molar-refractivity contribution in [3.8, 4) is 11.3 Å². The number of ether oxygens (including phenoxy) is 1. The standard InChI is InChI=1S/C22H25N3O2S/c1-16-7-9-18(10-8-16)22-20(28-17(2)24-22)14-21(26)25(12-13-27-3)15-19-6-4-5-11-23-19/h4-11H,12-15H2,1-3H3. The fourth-order valence-electron chi connectivity index (χ4n) is 2.96. The molecule has 0 aliphatic heterocycles. The maximum absolute atomic E-state index is 13.1. The second kappa shape index (κ2) is 9.57. The van der Waals surface area contributed by atoms with E-state index in [9.17, 15) is 4.79 Å². The molecule has 3 rings (SSSR count). The minimum absolute atomic E-state index is 0.0553. The van der Waals surface area contributed by atoms with Gasteiger partial charge in [-0.05, 0) is 26.0 Å². The largest absolute Gasteiger partial charge is 0.383 e. The number of rotatable bonds is 8. The summed E-state index contributed by atoms with van der Waals surface area (Å²) in [5.41, 5.74) is 4.02. The predicted octanol–water partition coefficient (Wildman–Crippen LogP) is 4.04. The molecule has 0 radical (unpaired) electrons. The molecule has 0 N–H and O–H groups in total. The zero-order valence-electron chi connectivity index (χ0n) is 16.5. The summed E-state index contributed by atoms with van der Waals surface area (Å²) in [4.78, 5) is 24.9. The molecule has 0 aliphatic rings. The number of benzene rings is 1. The molecule has 0 bridgehead atoms. The molecule has 3 aromatic rings. The number of hydrogen-bond donors (Lipinski definition) is 0. The van der Waals surface area contributed by atoms with Gasteiger partial charge in [-0.25, -0.2) is 4.98 Å². The fraction of sp³-hybridized carbons (Fsp3) is 0.318. The molecule has 0 saturated carbocycles. The van der Waals surface area contributed by atoms with Crippen molar-refractivity contribution in [1.82, 2.24) is 14.9 Å². The molecule has 0 spiro atoms. The number of aromatic nitrogens is 2. The second-order valence-corrected chi connectivity index (χ2v) is 7.96. The van der Waals surface area contributed by atoms with E-state index in [2.05, 4.69) is 41.2 Å². The quantitative estimate of drug-likeness (QED) is 0.578. The molecule has 0 fully saturated rings. The first-order valence-electron chi connectivity index (χ1n) is 9.27. The summed E-state index contributed by atoms with van der Waals surface area (Å²) in [5.74, 6) is 0.0553. The number of methoxy groups -OCH3 is 1. The molecule has 1 amide bonds. The molecule has 5 nitrogen and oxygen atoms in total. The van der Waals surface area contributed by atoms with Crippen molar-refractivity contribution in [2.75, 3.05) is 20.3 Å². The molecule has 28 heavy (non-hydrogen) atoms. The van der Waals surface area contributed by atoms with E-state index in [1.807, 2.05) is 25.1 Å². The van der Waals surface area contributed by atoms with Crippen LogP contribution in [-0.4, -0.2) is 41.0 Å². The van der Waals surface area contributed by atoms with Gasteiger partial charge in [0.05, 0.1) is 36.0 Å². The second-order valence-electron chi connectivity index (χ2n) is 6.68. The van der Waals surface area contributed by atoms with Gasteiger partial charge < -0.3 is 9.64 Å². The summed E-state index contributed by atoms with van der Waals surface area (Å²) in [6.07, 6.45) is 2.07. The topological polar surface area (TPSA) is 55.3 Å². The van der Waals surface area contributed by atoms with Gasteiger partial charge in [0.25, 0.3) is 0 Å². The minimum Gasteiger partial charge on any atom is -0.383 e. The molecule has 0 atom stereocenters. The Morgan fingerprint density at radius 3 is 2.61 bits per heavy atom. The van der Waals surface area contributed by atoms with Gasteiger partial charge in [-0.15, -0.1) is 11.3 Å². The third kappa shape index (κ3) is 5.24. The Labute approximate surface area is 170 Å². The number of pyridine rings is 1. The van der Waals surface area contributed by atoms with Gasteiger partial charge in [0, 0.05) is 30.3 Å². The molecule has 146 valence electrons. The first-order chi connectivity index (χ1) is 13.6. The van der Waals surface area contributed by atoms with Crippen molar-refractivity contribution >= 4 is 17.2 Å². The number of hydrogen-bond acceptors (Lipinski definition) is 5. The summed E-state index contributed by atoms with van der Waals surface area (Å²) in [7, 11) is 1.64. The lowest BCUT2D eigenvalue weighted by atomic mass is 10.1. The van der Waals surface area contributed by atoms with Crippen molar-refractivity contribution in [1.29, 1.82) is 0 Å². The van der Waals surface area contributed by atoms with Crippen LogP contribution in [0.3, 0.4) is 0 Å². The molecule has 1 aromatic carbocycles. The maximum atomic E-state index is 13.1. The van der Waals surface area contributed by atoms with Gasteiger partial charge >= 0.3 is 0 Å². The molecule has 0 saturated heterocycles. The Morgan fingerprint density at radius 1 is 1.14 bits per heavy atom. The average molecular weight is 396 g/mol. The maximum Gasteiger partial charge on any atom is 0.228 e. The summed E-state index contributed by atoms with van der Waals surface area (Å²) in [5, 5.41) is 0.964. The highest BCUT2D eigenvalue weighted by Crippen LogP contribution is 2.29. The number of nitrogens with zero attached hydrogens (tertiary/aromatic N) is 3. The summed E-state index contributed by atoms with van der Waals surface area (Å²) >= 11 is 1.58. The van der Waals surface area contributed by atoms with E-state index < -0.39 is 0 Å². The van der Waals surface area contributed by atoms with Crippen LogP contribution in [0.4, 0.5) is 0 Å². The van der Waals surface area contributed by atoms with E-state index in [4.69, 9.17) is 4.74 Å². The van der Waals surface area contributed by atoms with E-state index in [1.54, 1.807) is 29.5 Å². The van der Waals surface area contributed by atoms with E-state index in [-0.39, 0.29) is 5.91 Å². The van der Waals surface area contributed by atoms with Crippen molar-refractivity contribution in [2.24, 2.45) is 0 Å². The molecule has 6 heteroatoms. The van der Waals surface area contributed by atoms with Crippen molar-refractivity contribution < 1.29 is 9.53 Å². The van der Waals surface area contributed by atoms with Gasteiger partial charge in [-0.3, -0.25) is 9.78 Å². The van der Waals surface area contributed by atoms with Crippen molar-refractivity contribution in [3.05, 3.63) is 69.8 Å². The molecule has 2 heterocycles. The first kappa shape index (κ1) is 20.2. The molecular weight excluding hydrogens is 370 g/mol. The van der Waals surface area contributed by atoms with Crippen LogP contribution in [0.1, 0.15) is 21.1 Å². The van der Waals surface area contributed by atoms with Gasteiger partial charge in [0.1, 0.15) is 0 Å². The molecule has 0 aliphatic carbocycles. The van der Waals surface area contributed by atoms with Crippen molar-refractivity contribution in [2.45, 2.75) is 26.8 Å². The minimum atomic E-state index is 0.0553. The number of carbonyl (C=O) groups excluding carboxylic acids is 1. The predicted molar refractivity (Wildman–Crippen MR) is 112 cm³/mol. The monoisotopic (exact) mass is 395 g/mol. The Kier molecular flexibility index (Phi) is 6.90. The zero-order chi connectivity index (χ0) is 19.9. The lowest BCUT2D eigenvalue weighted by Gasteiger charge is -2.22. The zero-order valence-corrected chi connectivity index (χ0v) is 17.3. The molecule has 0 unspecified atom stereocenters. The third-order valence-electron chi connectivity index (χ3n) is 4.44. The SMILES string of the molecule is COCCN(Cc1ccccn1)C(=O)Cc1sc(C)nc1-c1ccc(C)cc1. The van der Waals surface area contributed by atoms with E-state index in [0.29, 0.717) is 26.1 Å². The lowest BCUT2D eigenvalue weighted by molar-refractivity contribution is -0.131. The smallest absolute Gasteiger partial charge is 0.228 e. The van der Waals surface area contributed by atoms with E-state index in [1.165, 1.54) is 5.56 Å². The number of aryl methyl sites for hydroxylation is 2. The summed E-state index contributed by atoms with van der Waals surface area (Å²) < 4.78 is 5.19. The molecule has 2 aromatic heterocycles. The van der Waals surface area contributed by atoms with Crippen LogP contribution in [0, 0.1) is 13.8 Å². The Balaban J connectivity index is 1.80. The van der Waals surface area contributed by atoms with Crippen LogP contribution < -0.4 is 0 Å². The lowest BCUT2D eigenvalue weighted by Crippen LogP contribution is -2.34. The number of thiazole rings is 1. The Morgan fingerprint density at radius 2 is 1.93 bits per heavy atom. The highest BCUT2D eigenvalue weighted by atomic mass is 32.1. The van der Waals surface area contributed by atoms with Gasteiger partial charge in [0.15, 0.2) is 0 Å². The normalized spacial score (nSPS) is 10.8. The highest BCUT2D eigenvalue weighted by Gasteiger charge is 2.20. The third-order valence-corrected chi connectivity index (χ3v) is 5.41. The van der Waals surface area contributed by atoms with Gasteiger partial charge in [0.2, 0.25) is 5.91 Å².